The fourth-order valence-corrected chi connectivity index (χ4v) is 3.24. The summed E-state index contributed by atoms with van der Waals surface area (Å²) in [6.45, 7) is 0.974. The average Bonchev–Trinajstić information content (AvgIpc) is 3.27. The van der Waals surface area contributed by atoms with Crippen LogP contribution in [0.25, 0.3) is 22.4 Å². The fourth-order valence-electron chi connectivity index (χ4n) is 3.24. The largest absolute Gasteiger partial charge is 0.435 e. The summed E-state index contributed by atoms with van der Waals surface area (Å²) >= 11 is 0. The van der Waals surface area contributed by atoms with Gasteiger partial charge in [0.05, 0.1) is 28.5 Å². The van der Waals surface area contributed by atoms with Gasteiger partial charge in [-0.1, -0.05) is 17.3 Å². The highest BCUT2D eigenvalue weighted by molar-refractivity contribution is 6.07. The van der Waals surface area contributed by atoms with Gasteiger partial charge in [-0.15, -0.1) is 0 Å². The van der Waals surface area contributed by atoms with Gasteiger partial charge in [0.15, 0.2) is 0 Å². The summed E-state index contributed by atoms with van der Waals surface area (Å²) in [5.74, 6) is -0.357. The molecule has 0 unspecified atom stereocenters. The Hall–Kier alpha value is -3.82. The summed E-state index contributed by atoms with van der Waals surface area (Å²) < 4.78 is 36.6. The Morgan fingerprint density at radius 3 is 2.81 bits per heavy atom. The van der Waals surface area contributed by atoms with Crippen LogP contribution < -0.4 is 10.1 Å². The minimum absolute atomic E-state index is 0.0128. The van der Waals surface area contributed by atoms with Crippen LogP contribution >= 0.6 is 0 Å². The first-order valence-corrected chi connectivity index (χ1v) is 9.41. The number of pyridine rings is 1. The van der Waals surface area contributed by atoms with E-state index in [0.717, 1.165) is 11.3 Å². The Morgan fingerprint density at radius 1 is 1.29 bits per heavy atom. The molecule has 0 saturated heterocycles. The zero-order valence-corrected chi connectivity index (χ0v) is 17.0. The van der Waals surface area contributed by atoms with Crippen LogP contribution in [0, 0.1) is 13.8 Å². The maximum absolute atomic E-state index is 13.0. The molecule has 0 fully saturated rings. The van der Waals surface area contributed by atoms with E-state index in [2.05, 4.69) is 25.3 Å². The van der Waals surface area contributed by atoms with Gasteiger partial charge in [-0.2, -0.15) is 13.9 Å². The minimum atomic E-state index is -2.94. The summed E-state index contributed by atoms with van der Waals surface area (Å²) in [4.78, 5) is 17.4. The van der Waals surface area contributed by atoms with E-state index in [1.165, 1.54) is 12.1 Å². The molecule has 0 spiro atoms. The van der Waals surface area contributed by atoms with Crippen molar-refractivity contribution in [1.82, 2.24) is 25.2 Å². The molecule has 3 aromatic heterocycles. The van der Waals surface area contributed by atoms with Crippen molar-refractivity contribution in [3.63, 3.8) is 0 Å². The number of aromatic nitrogens is 4. The molecule has 4 rings (SSSR count). The fraction of sp³-hybridized carbons (Fsp3) is 0.238. The van der Waals surface area contributed by atoms with Gasteiger partial charge in [0.25, 0.3) is 11.6 Å². The normalized spacial score (nSPS) is 11.3. The van der Waals surface area contributed by atoms with Crippen molar-refractivity contribution < 1.29 is 22.8 Å². The Labute approximate surface area is 175 Å². The number of benzene rings is 1. The van der Waals surface area contributed by atoms with Gasteiger partial charge in [0.1, 0.15) is 5.75 Å². The van der Waals surface area contributed by atoms with Crippen molar-refractivity contribution in [1.29, 1.82) is 0 Å². The van der Waals surface area contributed by atoms with E-state index in [1.807, 2.05) is 14.0 Å². The Kier molecular flexibility index (Phi) is 5.37. The van der Waals surface area contributed by atoms with E-state index in [1.54, 1.807) is 36.0 Å². The van der Waals surface area contributed by atoms with Gasteiger partial charge in [-0.05, 0) is 32.0 Å². The Morgan fingerprint density at radius 2 is 2.10 bits per heavy atom. The molecular weight excluding hydrogens is 408 g/mol. The minimum Gasteiger partial charge on any atom is -0.435 e. The molecule has 0 bridgehead atoms. The zero-order valence-electron chi connectivity index (χ0n) is 17.0. The summed E-state index contributed by atoms with van der Waals surface area (Å²) in [6.07, 6.45) is 1.70. The molecular formula is C21H19F2N5O3. The third-order valence-corrected chi connectivity index (χ3v) is 4.99. The number of rotatable bonds is 6. The summed E-state index contributed by atoms with van der Waals surface area (Å²) in [7, 11) is 1.83. The van der Waals surface area contributed by atoms with Crippen LogP contribution in [0.15, 0.2) is 41.1 Å². The highest BCUT2D eigenvalue weighted by Gasteiger charge is 2.20. The van der Waals surface area contributed by atoms with Gasteiger partial charge >= 0.3 is 6.61 Å². The van der Waals surface area contributed by atoms with Gasteiger partial charge in [-0.3, -0.25) is 9.48 Å². The van der Waals surface area contributed by atoms with Gasteiger partial charge in [0.2, 0.25) is 0 Å². The lowest BCUT2D eigenvalue weighted by molar-refractivity contribution is -0.0498. The lowest BCUT2D eigenvalue weighted by atomic mass is 10.0. The van der Waals surface area contributed by atoms with Crippen molar-refractivity contribution in [2.24, 2.45) is 7.05 Å². The molecule has 1 amide bonds. The summed E-state index contributed by atoms with van der Waals surface area (Å²) in [6, 6.07) is 7.66. The number of amides is 1. The number of hydrogen-bond acceptors (Lipinski definition) is 6. The highest BCUT2D eigenvalue weighted by Crippen LogP contribution is 2.29. The molecule has 0 atom stereocenters. The van der Waals surface area contributed by atoms with E-state index < -0.39 is 6.61 Å². The molecule has 0 saturated carbocycles. The number of carbonyl (C=O) groups excluding carboxylic acids is 1. The Balaban J connectivity index is 1.70. The lowest BCUT2D eigenvalue weighted by Gasteiger charge is -2.10. The summed E-state index contributed by atoms with van der Waals surface area (Å²) in [5, 5.41) is 11.5. The molecule has 8 nitrogen and oxygen atoms in total. The third kappa shape index (κ3) is 4.09. The van der Waals surface area contributed by atoms with Crippen LogP contribution in [0.4, 0.5) is 8.78 Å². The monoisotopic (exact) mass is 427 g/mol. The van der Waals surface area contributed by atoms with E-state index >= 15 is 0 Å². The molecule has 0 radical (unpaired) electrons. The van der Waals surface area contributed by atoms with Crippen LogP contribution in [-0.4, -0.2) is 32.4 Å². The van der Waals surface area contributed by atoms with Crippen LogP contribution in [0.3, 0.4) is 0 Å². The van der Waals surface area contributed by atoms with Crippen LogP contribution in [-0.2, 0) is 13.6 Å². The van der Waals surface area contributed by atoms with E-state index in [0.29, 0.717) is 34.4 Å². The molecule has 4 aromatic rings. The Bertz CT molecular complexity index is 1270. The number of carbonyl (C=O) groups is 1. The second kappa shape index (κ2) is 8.13. The predicted octanol–water partition coefficient (Wildman–Crippen LogP) is 3.77. The predicted molar refractivity (Wildman–Crippen MR) is 108 cm³/mol. The maximum Gasteiger partial charge on any atom is 0.387 e. The first-order chi connectivity index (χ1) is 14.8. The first-order valence-electron chi connectivity index (χ1n) is 9.41. The van der Waals surface area contributed by atoms with Crippen molar-refractivity contribution in [2.45, 2.75) is 27.0 Å². The molecule has 160 valence electrons. The topological polar surface area (TPSA) is 95.1 Å². The van der Waals surface area contributed by atoms with Gasteiger partial charge in [0, 0.05) is 30.4 Å². The number of hydrogen-bond donors (Lipinski definition) is 1. The number of nitrogens with one attached hydrogen (secondary N) is 1. The van der Waals surface area contributed by atoms with E-state index in [-0.39, 0.29) is 17.4 Å². The lowest BCUT2D eigenvalue weighted by Crippen LogP contribution is -2.23. The van der Waals surface area contributed by atoms with Crippen molar-refractivity contribution >= 4 is 17.0 Å². The van der Waals surface area contributed by atoms with Gasteiger partial charge in [-0.25, -0.2) is 4.98 Å². The van der Waals surface area contributed by atoms with Crippen LogP contribution in [0.5, 0.6) is 5.75 Å². The molecule has 3 heterocycles. The molecule has 0 aliphatic carbocycles. The van der Waals surface area contributed by atoms with Crippen LogP contribution in [0.2, 0.25) is 0 Å². The van der Waals surface area contributed by atoms with Crippen LogP contribution in [0.1, 0.15) is 27.3 Å². The number of ether oxygens (including phenoxy) is 1. The number of aryl methyl sites for hydroxylation is 2. The first kappa shape index (κ1) is 20.5. The van der Waals surface area contributed by atoms with E-state index in [9.17, 15) is 13.6 Å². The molecule has 31 heavy (non-hydrogen) atoms. The van der Waals surface area contributed by atoms with Crippen molar-refractivity contribution in [3.05, 3.63) is 59.0 Å². The number of halogens is 2. The molecule has 10 heteroatoms. The van der Waals surface area contributed by atoms with Crippen molar-refractivity contribution in [2.75, 3.05) is 0 Å². The number of nitrogens with zero attached hydrogens (tertiary/aromatic N) is 4. The second-order valence-electron chi connectivity index (χ2n) is 6.97. The average molecular weight is 427 g/mol. The molecule has 0 aliphatic rings. The molecule has 1 N–H and O–H groups in total. The maximum atomic E-state index is 13.0. The third-order valence-electron chi connectivity index (χ3n) is 4.99. The SMILES string of the molecule is Cc1noc2nc(-c3cccc(OC(F)F)c3)cc(C(=O)NCc3cnn(C)c3C)c12. The molecule has 0 aliphatic heterocycles. The summed E-state index contributed by atoms with van der Waals surface area (Å²) in [5.41, 5.74) is 3.71. The second-order valence-corrected chi connectivity index (χ2v) is 6.97. The standard InChI is InChI=1S/C21H19F2N5O3/c1-11-18-16(19(29)24-9-14-10-25-28(3)12(14)2)8-17(26-20(18)31-27-11)13-5-4-6-15(7-13)30-21(22)23/h4-8,10,21H,9H2,1-3H3,(H,24,29). The highest BCUT2D eigenvalue weighted by atomic mass is 19.3. The number of alkyl halides is 2. The van der Waals surface area contributed by atoms with Crippen molar-refractivity contribution in [3.8, 4) is 17.0 Å². The molecule has 1 aromatic carbocycles. The quantitative estimate of drug-likeness (QED) is 0.503. The van der Waals surface area contributed by atoms with Gasteiger partial charge < -0.3 is 14.6 Å². The zero-order chi connectivity index (χ0) is 22.1. The smallest absolute Gasteiger partial charge is 0.387 e. The van der Waals surface area contributed by atoms with E-state index in [4.69, 9.17) is 4.52 Å². The number of fused-ring (bicyclic) bond motifs is 1.